The van der Waals surface area contributed by atoms with E-state index in [1.807, 2.05) is 11.6 Å². The maximum absolute atomic E-state index is 7.01. The normalized spacial score (nSPS) is 12.5. The highest BCUT2D eigenvalue weighted by Gasteiger charge is 2.08. The Bertz CT molecular complexity index is 296. The first-order valence-corrected chi connectivity index (χ1v) is 5.72. The average molecular weight is 215 g/mol. The van der Waals surface area contributed by atoms with Crippen LogP contribution >= 0.6 is 23.1 Å². The number of thioether (sulfide) groups is 1. The van der Waals surface area contributed by atoms with E-state index in [4.69, 9.17) is 11.1 Å². The molecule has 0 amide bonds. The van der Waals surface area contributed by atoms with Crippen LogP contribution in [0.4, 0.5) is 5.13 Å². The lowest BCUT2D eigenvalue weighted by Crippen LogP contribution is -2.20. The Labute approximate surface area is 85.4 Å². The van der Waals surface area contributed by atoms with Crippen molar-refractivity contribution in [2.24, 2.45) is 5.73 Å². The summed E-state index contributed by atoms with van der Waals surface area (Å²) in [5, 5.41) is 12.3. The number of rotatable bonds is 3. The van der Waals surface area contributed by atoms with Crippen LogP contribution in [0.3, 0.4) is 0 Å². The van der Waals surface area contributed by atoms with E-state index in [1.54, 1.807) is 11.8 Å². The Kier molecular flexibility index (Phi) is 3.56. The molecule has 4 N–H and O–H groups in total. The topological polar surface area (TPSA) is 74.8 Å². The van der Waals surface area contributed by atoms with Crippen molar-refractivity contribution >= 4 is 34.2 Å². The van der Waals surface area contributed by atoms with E-state index in [0.29, 0.717) is 5.13 Å². The number of hydrogen-bond acceptors (Lipinski definition) is 4. The number of anilines is 1. The summed E-state index contributed by atoms with van der Waals surface area (Å²) in [4.78, 5) is 4.22. The first kappa shape index (κ1) is 10.3. The quantitative estimate of drug-likeness (QED) is 0.530. The molecule has 0 bridgehead atoms. The number of guanidine groups is 1. The lowest BCUT2D eigenvalue weighted by Gasteiger charge is -2.02. The van der Waals surface area contributed by atoms with Crippen molar-refractivity contribution in [2.75, 3.05) is 11.6 Å². The molecule has 13 heavy (non-hydrogen) atoms. The first-order chi connectivity index (χ1) is 6.13. The van der Waals surface area contributed by atoms with Crippen LogP contribution in [0, 0.1) is 12.3 Å². The van der Waals surface area contributed by atoms with Gasteiger partial charge in [0.25, 0.3) is 0 Å². The minimum atomic E-state index is -0.0920. The maximum Gasteiger partial charge on any atom is 0.192 e. The predicted octanol–water partition coefficient (Wildman–Crippen LogP) is 1.69. The minimum Gasteiger partial charge on any atom is -0.370 e. The average Bonchev–Trinajstić information content (AvgIpc) is 2.50. The summed E-state index contributed by atoms with van der Waals surface area (Å²) in [6, 6.07) is 0. The standard InChI is InChI=1S/C7H11N4S2/c1-4(12-2)5-3-13-7(10-5)11-6(8)9/h3-4H,1H2,2H3,(H4,8,9,10,11). The zero-order chi connectivity index (χ0) is 9.84. The maximum atomic E-state index is 7.01. The number of thiazole rings is 1. The van der Waals surface area contributed by atoms with Gasteiger partial charge >= 0.3 is 0 Å². The zero-order valence-corrected chi connectivity index (χ0v) is 8.84. The van der Waals surface area contributed by atoms with Gasteiger partial charge in [-0.1, -0.05) is 0 Å². The smallest absolute Gasteiger partial charge is 0.192 e. The number of nitrogens with one attached hydrogen (secondary N) is 2. The van der Waals surface area contributed by atoms with E-state index in [-0.39, 0.29) is 11.2 Å². The van der Waals surface area contributed by atoms with Gasteiger partial charge in [-0.3, -0.25) is 5.41 Å². The number of nitrogens with zero attached hydrogens (tertiary/aromatic N) is 1. The van der Waals surface area contributed by atoms with Crippen LogP contribution in [-0.2, 0) is 0 Å². The third-order valence-electron chi connectivity index (χ3n) is 1.38. The molecule has 1 unspecified atom stereocenters. The Morgan fingerprint density at radius 3 is 3.15 bits per heavy atom. The molecule has 0 saturated heterocycles. The molecule has 71 valence electrons. The second-order valence-corrected chi connectivity index (χ2v) is 4.24. The number of aromatic nitrogens is 1. The van der Waals surface area contributed by atoms with Gasteiger partial charge in [-0.05, 0) is 13.2 Å². The third kappa shape index (κ3) is 2.89. The Morgan fingerprint density at radius 2 is 2.62 bits per heavy atom. The fraction of sp³-hybridized carbons (Fsp3) is 0.286. The van der Waals surface area contributed by atoms with Gasteiger partial charge in [-0.15, -0.1) is 11.3 Å². The highest BCUT2D eigenvalue weighted by molar-refractivity contribution is 7.98. The minimum absolute atomic E-state index is 0.0920. The van der Waals surface area contributed by atoms with Gasteiger partial charge in [-0.2, -0.15) is 11.8 Å². The molecule has 6 heteroatoms. The summed E-state index contributed by atoms with van der Waals surface area (Å²) in [7, 11) is 0. The molecule has 1 aromatic rings. The van der Waals surface area contributed by atoms with E-state index < -0.39 is 0 Å². The van der Waals surface area contributed by atoms with E-state index in [9.17, 15) is 0 Å². The summed E-state index contributed by atoms with van der Waals surface area (Å²) in [5.74, 6) is -0.0920. The summed E-state index contributed by atoms with van der Waals surface area (Å²) in [6.45, 7) is 3.91. The van der Waals surface area contributed by atoms with Crippen LogP contribution in [0.1, 0.15) is 10.9 Å². The molecule has 0 aliphatic rings. The Morgan fingerprint density at radius 1 is 1.92 bits per heavy atom. The fourth-order valence-corrected chi connectivity index (χ4v) is 1.95. The van der Waals surface area contributed by atoms with Crippen molar-refractivity contribution in [2.45, 2.75) is 5.25 Å². The van der Waals surface area contributed by atoms with E-state index in [2.05, 4.69) is 17.2 Å². The second-order valence-electron chi connectivity index (χ2n) is 2.34. The molecule has 4 nitrogen and oxygen atoms in total. The van der Waals surface area contributed by atoms with E-state index >= 15 is 0 Å². The van der Waals surface area contributed by atoms with Crippen LogP contribution in [0.15, 0.2) is 5.38 Å². The van der Waals surface area contributed by atoms with Crippen LogP contribution in [0.2, 0.25) is 0 Å². The van der Waals surface area contributed by atoms with Crippen molar-refractivity contribution in [1.82, 2.24) is 4.98 Å². The molecule has 0 spiro atoms. The molecule has 1 heterocycles. The van der Waals surface area contributed by atoms with E-state index in [0.717, 1.165) is 5.69 Å². The molecule has 0 fully saturated rings. The van der Waals surface area contributed by atoms with Crippen LogP contribution in [0.25, 0.3) is 0 Å². The van der Waals surface area contributed by atoms with Gasteiger partial charge in [0.05, 0.1) is 5.69 Å². The SMILES string of the molecule is [CH2]C(SC)c1csc(NC(=N)N)n1. The van der Waals surface area contributed by atoms with Gasteiger partial charge in [0.1, 0.15) is 0 Å². The van der Waals surface area contributed by atoms with Crippen LogP contribution < -0.4 is 11.1 Å². The summed E-state index contributed by atoms with van der Waals surface area (Å²) in [6.07, 6.45) is 1.98. The van der Waals surface area contributed by atoms with Crippen LogP contribution in [0.5, 0.6) is 0 Å². The summed E-state index contributed by atoms with van der Waals surface area (Å²) < 4.78 is 0. The zero-order valence-electron chi connectivity index (χ0n) is 7.20. The molecule has 0 aliphatic heterocycles. The van der Waals surface area contributed by atoms with Crippen LogP contribution in [-0.4, -0.2) is 17.2 Å². The molecular weight excluding hydrogens is 204 g/mol. The molecule has 0 aliphatic carbocycles. The molecule has 1 rings (SSSR count). The lowest BCUT2D eigenvalue weighted by atomic mass is 10.4. The highest BCUT2D eigenvalue weighted by atomic mass is 32.2. The number of nitrogens with two attached hydrogens (primary N) is 1. The predicted molar refractivity (Wildman–Crippen MR) is 59.3 cm³/mol. The monoisotopic (exact) mass is 215 g/mol. The van der Waals surface area contributed by atoms with Crippen molar-refractivity contribution < 1.29 is 0 Å². The van der Waals surface area contributed by atoms with Gasteiger partial charge in [0, 0.05) is 10.6 Å². The number of hydrogen-bond donors (Lipinski definition) is 3. The van der Waals surface area contributed by atoms with Crippen molar-refractivity contribution in [3.05, 3.63) is 18.0 Å². The highest BCUT2D eigenvalue weighted by Crippen LogP contribution is 2.27. The Hall–Kier alpha value is -0.750. The second kappa shape index (κ2) is 4.48. The molecular formula is C7H11N4S2. The first-order valence-electron chi connectivity index (χ1n) is 3.56. The lowest BCUT2D eigenvalue weighted by molar-refractivity contribution is 1.13. The molecule has 1 aromatic heterocycles. The fourth-order valence-electron chi connectivity index (χ4n) is 0.727. The third-order valence-corrected chi connectivity index (χ3v) is 2.96. The largest absolute Gasteiger partial charge is 0.370 e. The molecule has 0 saturated carbocycles. The summed E-state index contributed by atoms with van der Waals surface area (Å²) >= 11 is 3.06. The summed E-state index contributed by atoms with van der Waals surface area (Å²) in [5.41, 5.74) is 6.08. The van der Waals surface area contributed by atoms with Gasteiger partial charge in [0.2, 0.25) is 0 Å². The van der Waals surface area contributed by atoms with Gasteiger partial charge in [0.15, 0.2) is 11.1 Å². The van der Waals surface area contributed by atoms with Gasteiger partial charge < -0.3 is 11.1 Å². The Balaban J connectivity index is 2.68. The van der Waals surface area contributed by atoms with Gasteiger partial charge in [-0.25, -0.2) is 4.98 Å². The molecule has 0 aromatic carbocycles. The van der Waals surface area contributed by atoms with Crippen molar-refractivity contribution in [1.29, 1.82) is 5.41 Å². The van der Waals surface area contributed by atoms with Crippen molar-refractivity contribution in [3.8, 4) is 0 Å². The van der Waals surface area contributed by atoms with Crippen molar-refractivity contribution in [3.63, 3.8) is 0 Å². The molecule has 1 atom stereocenters. The van der Waals surface area contributed by atoms with E-state index in [1.165, 1.54) is 11.3 Å². The molecule has 1 radical (unpaired) electrons.